The molecule has 1 saturated heterocycles. The number of carbonyl (C=O) groups is 3. The number of fused-ring (bicyclic) bond motifs is 4. The molecule has 2 amide bonds. The molecule has 0 aromatic heterocycles. The highest BCUT2D eigenvalue weighted by Gasteiger charge is 2.75. The zero-order valence-corrected chi connectivity index (χ0v) is 24.6. The molecule has 1 aromatic carbocycles. The number of hydrogen-bond acceptors (Lipinski definition) is 4. The summed E-state index contributed by atoms with van der Waals surface area (Å²) in [5.41, 5.74) is -0.237. The van der Waals surface area contributed by atoms with Gasteiger partial charge in [-0.3, -0.25) is 19.7 Å². The highest BCUT2D eigenvalue weighted by molar-refractivity contribution is 6.16. The van der Waals surface area contributed by atoms with Crippen LogP contribution in [0.4, 0.5) is 0 Å². The van der Waals surface area contributed by atoms with Gasteiger partial charge in [0, 0.05) is 17.8 Å². The van der Waals surface area contributed by atoms with Crippen LogP contribution in [0, 0.1) is 70.0 Å². The van der Waals surface area contributed by atoms with E-state index in [4.69, 9.17) is 4.74 Å². The van der Waals surface area contributed by atoms with Gasteiger partial charge in [-0.05, 0) is 84.3 Å². The first-order valence-electron chi connectivity index (χ1n) is 15.1. The lowest BCUT2D eigenvalue weighted by Crippen LogP contribution is -2.60. The molecular weight excluding hydrogens is 486 g/mol. The van der Waals surface area contributed by atoms with Gasteiger partial charge in [0.2, 0.25) is 11.8 Å². The van der Waals surface area contributed by atoms with Crippen molar-refractivity contribution in [1.82, 2.24) is 5.32 Å². The third kappa shape index (κ3) is 3.40. The average molecular weight is 532 g/mol. The van der Waals surface area contributed by atoms with Crippen molar-refractivity contribution in [2.24, 2.45) is 70.0 Å². The van der Waals surface area contributed by atoms with E-state index in [1.807, 2.05) is 30.3 Å². The summed E-state index contributed by atoms with van der Waals surface area (Å²) < 4.78 is 7.20. The first kappa shape index (κ1) is 26.8. The Morgan fingerprint density at radius 2 is 1.64 bits per heavy atom. The highest BCUT2D eigenvalue weighted by Crippen LogP contribution is 2.74. The minimum absolute atomic E-state index is 0.0154. The normalized spacial score (nSPS) is 50.6. The van der Waals surface area contributed by atoms with E-state index in [0.29, 0.717) is 24.2 Å². The van der Waals surface area contributed by atoms with Crippen LogP contribution in [-0.2, 0) is 20.8 Å². The molecule has 3 heterocycles. The van der Waals surface area contributed by atoms with Crippen molar-refractivity contribution >= 4 is 17.6 Å². The molecule has 210 valence electrons. The Labute approximate surface area is 233 Å². The molecule has 1 aromatic rings. The maximum Gasteiger partial charge on any atom is 0.237 e. The average Bonchev–Trinajstić information content (AvgIpc) is 3.24. The summed E-state index contributed by atoms with van der Waals surface area (Å²) in [6, 6.07) is 8.02. The fourth-order valence-corrected chi connectivity index (χ4v) is 11.4. The Kier molecular flexibility index (Phi) is 5.86. The molecule has 7 unspecified atom stereocenters. The maximum atomic E-state index is 15.0. The van der Waals surface area contributed by atoms with Crippen LogP contribution >= 0.6 is 0 Å². The van der Waals surface area contributed by atoms with Crippen molar-refractivity contribution in [3.8, 4) is 5.75 Å². The van der Waals surface area contributed by atoms with Crippen LogP contribution in [0.2, 0.25) is 0 Å². The Morgan fingerprint density at radius 1 is 0.974 bits per heavy atom. The van der Waals surface area contributed by atoms with Gasteiger partial charge in [0.1, 0.15) is 17.3 Å². The Hall–Kier alpha value is -2.43. The third-order valence-electron chi connectivity index (χ3n) is 12.7. The maximum absolute atomic E-state index is 15.0. The molecule has 7 rings (SSSR count). The summed E-state index contributed by atoms with van der Waals surface area (Å²) in [4.78, 5) is 41.5. The molecule has 5 nitrogen and oxygen atoms in total. The minimum Gasteiger partial charge on any atom is -0.487 e. The molecular formula is C34H45NO4. The quantitative estimate of drug-likeness (QED) is 0.280. The highest BCUT2D eigenvalue weighted by atomic mass is 16.5. The van der Waals surface area contributed by atoms with Gasteiger partial charge in [-0.1, -0.05) is 59.8 Å². The Bertz CT molecular complexity index is 1240. The molecule has 3 aliphatic carbocycles. The van der Waals surface area contributed by atoms with Crippen molar-refractivity contribution in [3.63, 3.8) is 0 Å². The molecule has 1 N–H and O–H groups in total. The number of allylic oxidation sites excluding steroid dienone is 1. The first-order valence-corrected chi connectivity index (χ1v) is 15.1. The summed E-state index contributed by atoms with van der Waals surface area (Å²) in [7, 11) is 0. The summed E-state index contributed by atoms with van der Waals surface area (Å²) in [6.07, 6.45) is 4.58. The lowest BCUT2D eigenvalue weighted by atomic mass is 9.46. The van der Waals surface area contributed by atoms with Gasteiger partial charge in [-0.2, -0.15) is 0 Å². The van der Waals surface area contributed by atoms with E-state index >= 15 is 4.79 Å². The van der Waals surface area contributed by atoms with Gasteiger partial charge in [0.25, 0.3) is 0 Å². The van der Waals surface area contributed by atoms with Gasteiger partial charge in [-0.25, -0.2) is 0 Å². The number of rotatable bonds is 1. The van der Waals surface area contributed by atoms with E-state index in [2.05, 4.69) is 60.4 Å². The van der Waals surface area contributed by atoms with Crippen LogP contribution in [0.1, 0.15) is 66.9 Å². The van der Waals surface area contributed by atoms with Crippen LogP contribution < -0.4 is 10.1 Å². The van der Waals surface area contributed by atoms with Crippen LogP contribution in [0.15, 0.2) is 36.9 Å². The molecule has 5 heteroatoms. The van der Waals surface area contributed by atoms with E-state index in [0.717, 1.165) is 24.2 Å². The number of ether oxygens (including phenoxy) is 1. The standard InChI is InChI=1S/C34H45NO4/c1-9-32(6)20(5)19(4)25-26-27(32)28(36)24-23(30(37)35-31(24)38)15-21-10-12-22(13-11-21)39-34(26,8)29-18(3)14-17(2)16-33(25,29)7/h9-13,17-20,23-27,29H,1,14-16H2,2-8H3,(H,35,37,38)/t17-,18+,19?,20?,23?,24-,25?,26?,27+,29?,32+,33+,34?/m1/s1. The third-order valence-corrected chi connectivity index (χ3v) is 12.7. The molecule has 0 spiro atoms. The smallest absolute Gasteiger partial charge is 0.237 e. The Balaban J connectivity index is 1.65. The largest absolute Gasteiger partial charge is 0.487 e. The number of Topliss-reactive ketones (excluding diaryl/α,β-unsaturated/α-hetero) is 1. The van der Waals surface area contributed by atoms with Crippen LogP contribution in [0.25, 0.3) is 0 Å². The number of carbonyl (C=O) groups excluding carboxylic acids is 3. The Morgan fingerprint density at radius 3 is 2.28 bits per heavy atom. The monoisotopic (exact) mass is 531 g/mol. The first-order chi connectivity index (χ1) is 18.3. The minimum atomic E-state index is -0.988. The van der Waals surface area contributed by atoms with E-state index in [-0.39, 0.29) is 40.8 Å². The zero-order valence-electron chi connectivity index (χ0n) is 24.6. The summed E-state index contributed by atoms with van der Waals surface area (Å²) >= 11 is 0. The van der Waals surface area contributed by atoms with E-state index in [9.17, 15) is 9.59 Å². The number of hydrogen-bond donors (Lipinski definition) is 1. The molecule has 2 bridgehead atoms. The lowest BCUT2D eigenvalue weighted by molar-refractivity contribution is -0.157. The molecule has 3 saturated carbocycles. The van der Waals surface area contributed by atoms with Crippen LogP contribution in [0.5, 0.6) is 5.75 Å². The van der Waals surface area contributed by atoms with E-state index in [1.54, 1.807) is 0 Å². The lowest BCUT2D eigenvalue weighted by Gasteiger charge is -2.58. The second kappa shape index (κ2) is 8.54. The van der Waals surface area contributed by atoms with Gasteiger partial charge in [0.15, 0.2) is 5.78 Å². The predicted octanol–water partition coefficient (Wildman–Crippen LogP) is 5.87. The van der Waals surface area contributed by atoms with Crippen LogP contribution in [-0.4, -0.2) is 23.2 Å². The van der Waals surface area contributed by atoms with E-state index in [1.165, 1.54) is 0 Å². The van der Waals surface area contributed by atoms with Crippen molar-refractivity contribution in [3.05, 3.63) is 42.5 Å². The molecule has 39 heavy (non-hydrogen) atoms. The number of ketones is 1. The number of amides is 2. The van der Waals surface area contributed by atoms with Gasteiger partial charge in [-0.15, -0.1) is 6.58 Å². The van der Waals surface area contributed by atoms with Crippen molar-refractivity contribution in [2.75, 3.05) is 0 Å². The molecule has 4 fully saturated rings. The van der Waals surface area contributed by atoms with Crippen molar-refractivity contribution in [2.45, 2.75) is 73.3 Å². The second-order valence-electron chi connectivity index (χ2n) is 14.7. The number of benzene rings is 1. The molecule has 3 aliphatic heterocycles. The van der Waals surface area contributed by atoms with Gasteiger partial charge < -0.3 is 4.74 Å². The second-order valence-corrected chi connectivity index (χ2v) is 14.7. The topological polar surface area (TPSA) is 72.5 Å². The SMILES string of the molecule is C=C[C@@]1(C)C(C)C(C)C2C3[C@H]1C(=O)[C@@H]1C(=O)NC(=O)C1Cc1ccc(cc1)OC3(C)C1[C@@H](C)C[C@@H](C)C[C@@]21C. The molecule has 0 radical (unpaired) electrons. The summed E-state index contributed by atoms with van der Waals surface area (Å²) in [6.45, 7) is 20.6. The predicted molar refractivity (Wildman–Crippen MR) is 151 cm³/mol. The zero-order chi connectivity index (χ0) is 28.2. The number of nitrogens with one attached hydrogen (secondary N) is 1. The fraction of sp³-hybridized carbons (Fsp3) is 0.676. The van der Waals surface area contributed by atoms with Gasteiger partial charge >= 0.3 is 0 Å². The van der Waals surface area contributed by atoms with Crippen LogP contribution in [0.3, 0.4) is 0 Å². The van der Waals surface area contributed by atoms with E-state index < -0.39 is 34.7 Å². The van der Waals surface area contributed by atoms with Gasteiger partial charge in [0.05, 0.1) is 5.92 Å². The van der Waals surface area contributed by atoms with Crippen molar-refractivity contribution in [1.29, 1.82) is 0 Å². The fourth-order valence-electron chi connectivity index (χ4n) is 11.4. The summed E-state index contributed by atoms with van der Waals surface area (Å²) in [5, 5.41) is 2.53. The molecule has 6 aliphatic rings. The molecule has 13 atom stereocenters. The summed E-state index contributed by atoms with van der Waals surface area (Å²) in [5.74, 6) is -0.258. The number of imide groups is 1. The van der Waals surface area contributed by atoms with Crippen molar-refractivity contribution < 1.29 is 19.1 Å².